The summed E-state index contributed by atoms with van der Waals surface area (Å²) in [6, 6.07) is 10.3. The molecule has 0 spiro atoms. The van der Waals surface area contributed by atoms with Crippen LogP contribution >= 0.6 is 0 Å². The van der Waals surface area contributed by atoms with Crippen LogP contribution in [0, 0.1) is 13.8 Å². The van der Waals surface area contributed by atoms with Gasteiger partial charge < -0.3 is 9.88 Å². The van der Waals surface area contributed by atoms with Crippen molar-refractivity contribution in [2.75, 3.05) is 6.54 Å². The summed E-state index contributed by atoms with van der Waals surface area (Å²) in [6.07, 6.45) is 3.05. The lowest BCUT2D eigenvalue weighted by Gasteiger charge is -2.10. The Labute approximate surface area is 152 Å². The number of aryl methyl sites for hydroxylation is 2. The molecule has 2 heterocycles. The van der Waals surface area contributed by atoms with E-state index in [0.717, 1.165) is 13.0 Å². The molecule has 0 saturated heterocycles. The van der Waals surface area contributed by atoms with E-state index in [0.29, 0.717) is 23.6 Å². The van der Waals surface area contributed by atoms with Crippen LogP contribution in [0.5, 0.6) is 0 Å². The number of nitrogens with zero attached hydrogens (tertiary/aromatic N) is 3. The highest BCUT2D eigenvalue weighted by molar-refractivity contribution is 5.80. The topological polar surface area (TPSA) is 68.9 Å². The highest BCUT2D eigenvalue weighted by Crippen LogP contribution is 2.15. The zero-order valence-corrected chi connectivity index (χ0v) is 15.5. The zero-order chi connectivity index (χ0) is 18.7. The van der Waals surface area contributed by atoms with Crippen molar-refractivity contribution in [1.82, 2.24) is 19.4 Å². The van der Waals surface area contributed by atoms with Crippen LogP contribution in [-0.2, 0) is 24.8 Å². The average Bonchev–Trinajstić information content (AvgIpc) is 3.05. The van der Waals surface area contributed by atoms with Gasteiger partial charge in [0.2, 0.25) is 5.91 Å². The molecule has 1 N–H and O–H groups in total. The lowest BCUT2D eigenvalue weighted by molar-refractivity contribution is -0.120. The highest BCUT2D eigenvalue weighted by atomic mass is 16.1. The molecule has 0 radical (unpaired) electrons. The fourth-order valence-electron chi connectivity index (χ4n) is 3.08. The number of carbonyl (C=O) groups excluding carboxylic acids is 1. The molecule has 26 heavy (non-hydrogen) atoms. The first-order valence-corrected chi connectivity index (χ1v) is 8.81. The second kappa shape index (κ2) is 7.56. The quantitative estimate of drug-likeness (QED) is 0.691. The van der Waals surface area contributed by atoms with Crippen molar-refractivity contribution in [3.05, 3.63) is 64.0 Å². The lowest BCUT2D eigenvalue weighted by Crippen LogP contribution is -2.30. The van der Waals surface area contributed by atoms with Crippen LogP contribution in [0.25, 0.3) is 10.9 Å². The number of amides is 1. The van der Waals surface area contributed by atoms with Crippen LogP contribution in [0.15, 0.2) is 41.3 Å². The maximum atomic E-state index is 12.2. The van der Waals surface area contributed by atoms with E-state index in [1.807, 2.05) is 12.1 Å². The molecule has 3 rings (SSSR count). The van der Waals surface area contributed by atoms with Crippen LogP contribution in [-0.4, -0.2) is 26.6 Å². The van der Waals surface area contributed by atoms with Crippen molar-refractivity contribution < 1.29 is 4.79 Å². The molecule has 0 bridgehead atoms. The van der Waals surface area contributed by atoms with Gasteiger partial charge in [-0.1, -0.05) is 18.2 Å². The van der Waals surface area contributed by atoms with Gasteiger partial charge >= 0.3 is 0 Å². The smallest absolute Gasteiger partial charge is 0.256 e. The van der Waals surface area contributed by atoms with Crippen molar-refractivity contribution in [2.24, 2.45) is 7.05 Å². The number of para-hydroxylation sites is 1. The van der Waals surface area contributed by atoms with E-state index in [4.69, 9.17) is 0 Å². The molecule has 136 valence electrons. The molecule has 1 amide bonds. The Morgan fingerprint density at radius 3 is 2.77 bits per heavy atom. The number of fused-ring (bicyclic) bond motifs is 1. The minimum absolute atomic E-state index is 0.0974. The first kappa shape index (κ1) is 17.9. The lowest BCUT2D eigenvalue weighted by atomic mass is 10.2. The van der Waals surface area contributed by atoms with Crippen molar-refractivity contribution in [3.8, 4) is 0 Å². The number of nitrogens with one attached hydrogen (secondary N) is 1. The molecule has 0 saturated carbocycles. The molecular weight excluding hydrogens is 328 g/mol. The fourth-order valence-corrected chi connectivity index (χ4v) is 3.08. The Hall–Kier alpha value is -2.89. The van der Waals surface area contributed by atoms with Gasteiger partial charge in [-0.2, -0.15) is 0 Å². The van der Waals surface area contributed by atoms with Gasteiger partial charge in [0.1, 0.15) is 5.82 Å². The maximum absolute atomic E-state index is 12.2. The Bertz CT molecular complexity index is 1000. The molecule has 0 aliphatic rings. The molecule has 0 atom stereocenters. The Balaban J connectivity index is 1.53. The third-order valence-electron chi connectivity index (χ3n) is 4.75. The van der Waals surface area contributed by atoms with E-state index in [-0.39, 0.29) is 17.9 Å². The minimum atomic E-state index is -0.106. The minimum Gasteiger partial charge on any atom is -0.356 e. The zero-order valence-electron chi connectivity index (χ0n) is 15.5. The predicted octanol–water partition coefficient (Wildman–Crippen LogP) is 2.10. The second-order valence-corrected chi connectivity index (χ2v) is 6.54. The van der Waals surface area contributed by atoms with Crippen LogP contribution in [0.3, 0.4) is 0 Å². The molecule has 2 aromatic heterocycles. The Morgan fingerprint density at radius 1 is 1.19 bits per heavy atom. The molecular formula is C20H24N4O2. The van der Waals surface area contributed by atoms with Gasteiger partial charge in [-0.05, 0) is 37.8 Å². The predicted molar refractivity (Wildman–Crippen MR) is 102 cm³/mol. The molecule has 0 unspecified atom stereocenters. The average molecular weight is 352 g/mol. The fraction of sp³-hybridized carbons (Fsp3) is 0.350. The standard InChI is InChI=1S/C20H24N4O2/c1-14-17(22-15(2)23(3)20(14)26)13-19(25)21-10-6-11-24-12-9-16-7-4-5-8-18(16)24/h4-5,7-9,12H,6,10-11,13H2,1-3H3,(H,21,25). The van der Waals surface area contributed by atoms with E-state index < -0.39 is 0 Å². The van der Waals surface area contributed by atoms with E-state index in [2.05, 4.69) is 39.3 Å². The molecule has 0 aliphatic carbocycles. The summed E-state index contributed by atoms with van der Waals surface area (Å²) in [5.41, 5.74) is 2.20. The summed E-state index contributed by atoms with van der Waals surface area (Å²) in [5.74, 6) is 0.508. The highest BCUT2D eigenvalue weighted by Gasteiger charge is 2.12. The number of benzene rings is 1. The number of aromatic nitrogens is 3. The van der Waals surface area contributed by atoms with Crippen LogP contribution in [0.1, 0.15) is 23.5 Å². The van der Waals surface area contributed by atoms with Gasteiger partial charge in [-0.15, -0.1) is 0 Å². The summed E-state index contributed by atoms with van der Waals surface area (Å²) < 4.78 is 3.69. The molecule has 0 fully saturated rings. The normalized spacial score (nSPS) is 11.0. The largest absolute Gasteiger partial charge is 0.356 e. The van der Waals surface area contributed by atoms with Gasteiger partial charge in [0, 0.05) is 37.4 Å². The van der Waals surface area contributed by atoms with Crippen molar-refractivity contribution >= 4 is 16.8 Å². The van der Waals surface area contributed by atoms with Crippen molar-refractivity contribution in [1.29, 1.82) is 0 Å². The van der Waals surface area contributed by atoms with Crippen molar-refractivity contribution in [3.63, 3.8) is 0 Å². The molecule has 3 aromatic rings. The molecule has 6 nitrogen and oxygen atoms in total. The van der Waals surface area contributed by atoms with E-state index >= 15 is 0 Å². The molecule has 1 aromatic carbocycles. The van der Waals surface area contributed by atoms with Crippen LogP contribution in [0.2, 0.25) is 0 Å². The second-order valence-electron chi connectivity index (χ2n) is 6.54. The van der Waals surface area contributed by atoms with Gasteiger partial charge in [0.05, 0.1) is 12.1 Å². The molecule has 6 heteroatoms. The Morgan fingerprint density at radius 2 is 1.96 bits per heavy atom. The van der Waals surface area contributed by atoms with Gasteiger partial charge in [0.25, 0.3) is 5.56 Å². The number of carbonyl (C=O) groups is 1. The third-order valence-corrected chi connectivity index (χ3v) is 4.75. The van der Waals surface area contributed by atoms with E-state index in [1.54, 1.807) is 20.9 Å². The monoisotopic (exact) mass is 352 g/mol. The van der Waals surface area contributed by atoms with Gasteiger partial charge in [-0.25, -0.2) is 4.98 Å². The van der Waals surface area contributed by atoms with Gasteiger partial charge in [-0.3, -0.25) is 14.2 Å². The summed E-state index contributed by atoms with van der Waals surface area (Å²) in [4.78, 5) is 28.6. The molecule has 0 aliphatic heterocycles. The van der Waals surface area contributed by atoms with Crippen LogP contribution in [0.4, 0.5) is 0 Å². The number of hydrogen-bond donors (Lipinski definition) is 1. The Kier molecular flexibility index (Phi) is 5.21. The summed E-state index contributed by atoms with van der Waals surface area (Å²) in [6.45, 7) is 4.92. The number of rotatable bonds is 6. The van der Waals surface area contributed by atoms with Crippen LogP contribution < -0.4 is 10.9 Å². The third kappa shape index (κ3) is 3.69. The van der Waals surface area contributed by atoms with E-state index in [9.17, 15) is 9.59 Å². The van der Waals surface area contributed by atoms with Gasteiger partial charge in [0.15, 0.2) is 0 Å². The van der Waals surface area contributed by atoms with Crippen molar-refractivity contribution in [2.45, 2.75) is 33.2 Å². The number of hydrogen-bond acceptors (Lipinski definition) is 3. The van der Waals surface area contributed by atoms with E-state index in [1.165, 1.54) is 15.5 Å². The SMILES string of the molecule is Cc1c(CC(=O)NCCCn2ccc3ccccc32)nc(C)n(C)c1=O. The maximum Gasteiger partial charge on any atom is 0.256 e. The summed E-state index contributed by atoms with van der Waals surface area (Å²) >= 11 is 0. The summed E-state index contributed by atoms with van der Waals surface area (Å²) in [5, 5.41) is 4.14. The summed E-state index contributed by atoms with van der Waals surface area (Å²) in [7, 11) is 1.69. The first-order chi connectivity index (χ1) is 12.5. The first-order valence-electron chi connectivity index (χ1n) is 8.81.